The smallest absolute Gasteiger partial charge is 0.825 e. The monoisotopic (exact) mass is 160 g/mol. The molecule has 0 unspecified atom stereocenters. The van der Waals surface area contributed by atoms with Crippen LogP contribution in [-0.4, -0.2) is 13.9 Å². The first kappa shape index (κ1) is 9.82. The van der Waals surface area contributed by atoms with Crippen molar-refractivity contribution in [3.63, 3.8) is 0 Å². The van der Waals surface area contributed by atoms with Crippen molar-refractivity contribution in [2.24, 2.45) is 0 Å². The summed E-state index contributed by atoms with van der Waals surface area (Å²) in [6.45, 7) is 0. The van der Waals surface area contributed by atoms with Gasteiger partial charge in [0, 0.05) is 0 Å². The molecule has 0 aromatic carbocycles. The molecule has 3 nitrogen and oxygen atoms in total. The van der Waals surface area contributed by atoms with E-state index in [1.807, 2.05) is 0 Å². The van der Waals surface area contributed by atoms with Crippen molar-refractivity contribution in [2.45, 2.75) is 0 Å². The molecule has 0 aromatic rings. The average molecular weight is 161 g/mol. The molecule has 0 spiro atoms. The first-order valence-electron chi connectivity index (χ1n) is 0.821. The summed E-state index contributed by atoms with van der Waals surface area (Å²) in [7, 11) is -5.61. The van der Waals surface area contributed by atoms with Crippen LogP contribution in [0.15, 0.2) is 0 Å². The van der Waals surface area contributed by atoms with Gasteiger partial charge in [0.25, 0.3) is 0 Å². The summed E-state index contributed by atoms with van der Waals surface area (Å²) in [5, 5.41) is 0. The zero-order valence-corrected chi connectivity index (χ0v) is 6.82. The Morgan fingerprint density at radius 2 is 1.50 bits per heavy atom. The van der Waals surface area contributed by atoms with E-state index in [1.165, 1.54) is 0 Å². The van der Waals surface area contributed by atoms with Crippen LogP contribution in [0.3, 0.4) is 0 Å². The third-order valence-electron chi connectivity index (χ3n) is 0. The minimum Gasteiger partial charge on any atom is -0.825 e. The van der Waals surface area contributed by atoms with Crippen LogP contribution >= 0.6 is 0 Å². The van der Waals surface area contributed by atoms with Gasteiger partial charge in [0.2, 0.25) is 9.14 Å². The van der Waals surface area contributed by atoms with E-state index < -0.39 is 9.14 Å². The van der Waals surface area contributed by atoms with Crippen LogP contribution in [0.25, 0.3) is 0 Å². The molecule has 0 aliphatic heterocycles. The first-order chi connectivity index (χ1) is 2.00. The first-order valence-corrected chi connectivity index (χ1v) is 2.46. The van der Waals surface area contributed by atoms with Gasteiger partial charge in [0.1, 0.15) is 0 Å². The molecule has 0 atom stereocenters. The topological polar surface area (TPSA) is 66.3 Å². The number of hydrogen-bond donors (Lipinski definition) is 1. The van der Waals surface area contributed by atoms with Crippen molar-refractivity contribution >= 4 is 9.14 Å². The fourth-order valence-corrected chi connectivity index (χ4v) is 0. The van der Waals surface area contributed by atoms with Gasteiger partial charge < -0.3 is 18.5 Å². The molecule has 0 aliphatic carbocycles. The van der Waals surface area contributed by atoms with E-state index in [2.05, 4.69) is 0 Å². The normalized spacial score (nSPS) is 10.0. The van der Waals surface area contributed by atoms with Gasteiger partial charge in [-0.2, -0.15) is 0 Å². The average Bonchev–Trinajstić information content (AvgIpc) is 0.722. The minimum absolute atomic E-state index is 0. The van der Waals surface area contributed by atoms with Crippen molar-refractivity contribution in [3.8, 4) is 0 Å². The summed E-state index contributed by atoms with van der Waals surface area (Å²) < 4.78 is 10.3. The van der Waals surface area contributed by atoms with Crippen molar-refractivity contribution in [1.29, 1.82) is 0 Å². The van der Waals surface area contributed by atoms with Gasteiger partial charge >= 0.3 is 19.5 Å². The molecule has 0 saturated carbocycles. The molecule has 0 heterocycles. The summed E-state index contributed by atoms with van der Waals surface area (Å²) in [6.07, 6.45) is 0. The van der Waals surface area contributed by atoms with Crippen LogP contribution in [0.5, 0.6) is 0 Å². The summed E-state index contributed by atoms with van der Waals surface area (Å²) in [5.41, 5.74) is 0. The van der Waals surface area contributed by atoms with E-state index in [1.54, 1.807) is 0 Å². The summed E-state index contributed by atoms with van der Waals surface area (Å²) >= 11 is 0. The van der Waals surface area contributed by atoms with Crippen molar-refractivity contribution in [3.05, 3.63) is 0 Å². The van der Waals surface area contributed by atoms with E-state index in [0.29, 0.717) is 0 Å². The molecule has 0 rings (SSSR count). The third-order valence-corrected chi connectivity index (χ3v) is 0. The molecule has 0 radical (unpaired) electrons. The fourth-order valence-electron chi connectivity index (χ4n) is 0. The molecule has 0 fully saturated rings. The molecule has 0 saturated heterocycles. The van der Waals surface area contributed by atoms with Crippen molar-refractivity contribution in [2.75, 3.05) is 0 Å². The maximum atomic E-state index is 10.3. The Morgan fingerprint density at radius 3 is 1.50 bits per heavy atom. The van der Waals surface area contributed by atoms with Crippen LogP contribution < -0.4 is 9.59 Å². The Labute approximate surface area is 47.7 Å². The molecule has 6 heavy (non-hydrogen) atoms. The van der Waals surface area contributed by atoms with E-state index in [9.17, 15) is 4.11 Å². The van der Waals surface area contributed by atoms with Gasteiger partial charge in [-0.3, -0.25) is 0 Å². The van der Waals surface area contributed by atoms with E-state index in [-0.39, 0.29) is 19.5 Å². The van der Waals surface area contributed by atoms with E-state index in [0.717, 1.165) is 0 Å². The quantitative estimate of drug-likeness (QED) is 0.306. The van der Waals surface area contributed by atoms with Crippen molar-refractivity contribution < 1.29 is 38.0 Å². The number of halogens is 1. The summed E-state index contributed by atoms with van der Waals surface area (Å²) in [4.78, 5) is 24.0. The van der Waals surface area contributed by atoms with Gasteiger partial charge in [-0.05, 0) is 0 Å². The second-order valence-electron chi connectivity index (χ2n) is 0.505. The predicted octanol–water partition coefficient (Wildman–Crippen LogP) is -2.90. The molecule has 0 aliphatic rings. The molecule has 0 aromatic heterocycles. The molecule has 0 bridgehead atoms. The largest absolute Gasteiger partial charge is 2.00 e. The molecule has 32 valence electrons. The number of rotatable bonds is 0. The van der Waals surface area contributed by atoms with Gasteiger partial charge in [0.05, 0.1) is 0 Å². The van der Waals surface area contributed by atoms with Gasteiger partial charge in [-0.1, -0.05) is 0 Å². The second kappa shape index (κ2) is 2.76. The zero-order chi connectivity index (χ0) is 4.50. The standard InChI is InChI=1S/FHO3Si.Zn/c1-5(2,3)4;/h2H;/q-2;+2. The van der Waals surface area contributed by atoms with Crippen LogP contribution in [0.2, 0.25) is 0 Å². The van der Waals surface area contributed by atoms with Gasteiger partial charge in [0.15, 0.2) is 0 Å². The maximum Gasteiger partial charge on any atom is 2.00 e. The van der Waals surface area contributed by atoms with Gasteiger partial charge in [-0.15, -0.1) is 0 Å². The summed E-state index contributed by atoms with van der Waals surface area (Å²) in [5.74, 6) is 0. The Bertz CT molecular complexity index is 26.3. The Kier molecular flexibility index (Phi) is 4.52. The minimum atomic E-state index is -5.61. The predicted molar refractivity (Wildman–Crippen MR) is 9.08 cm³/mol. The van der Waals surface area contributed by atoms with Gasteiger partial charge in [-0.25, -0.2) is 0 Å². The summed E-state index contributed by atoms with van der Waals surface area (Å²) in [6, 6.07) is 0. The van der Waals surface area contributed by atoms with Crippen LogP contribution in [-0.2, 0) is 19.5 Å². The fraction of sp³-hybridized carbons (Fsp3) is 0. The Hall–Kier alpha value is 0.650. The van der Waals surface area contributed by atoms with Crippen LogP contribution in [0.1, 0.15) is 0 Å². The molecule has 1 N–H and O–H groups in total. The van der Waals surface area contributed by atoms with E-state index in [4.69, 9.17) is 14.4 Å². The molecular weight excluding hydrogens is 160 g/mol. The van der Waals surface area contributed by atoms with E-state index >= 15 is 0 Å². The second-order valence-corrected chi connectivity index (χ2v) is 1.51. The van der Waals surface area contributed by atoms with Crippen LogP contribution in [0.4, 0.5) is 4.11 Å². The molecule has 0 amide bonds. The van der Waals surface area contributed by atoms with Crippen molar-refractivity contribution in [1.82, 2.24) is 0 Å². The third kappa shape index (κ3) is 147. The van der Waals surface area contributed by atoms with Crippen LogP contribution in [0, 0.1) is 0 Å². The SMILES string of the molecule is [O-][Si]([O-])(O)F.[Zn+2]. The molecular formula is HFO3SiZn. The maximum absolute atomic E-state index is 10.3. The molecule has 6 heteroatoms. The number of hydrogen-bond acceptors (Lipinski definition) is 3. The Balaban J connectivity index is 0. The zero-order valence-electron chi connectivity index (χ0n) is 2.85. The Morgan fingerprint density at radius 1 is 1.50 bits per heavy atom.